The molecule has 5 rings (SSSR count). The lowest BCUT2D eigenvalue weighted by molar-refractivity contribution is 0.0600. The maximum absolute atomic E-state index is 11.8. The number of para-hydroxylation sites is 2. The van der Waals surface area contributed by atoms with Crippen LogP contribution in [0.2, 0.25) is 0 Å². The van der Waals surface area contributed by atoms with E-state index in [0.717, 1.165) is 37.9 Å². The minimum atomic E-state index is -0.356. The predicted molar refractivity (Wildman–Crippen MR) is 141 cm³/mol. The van der Waals surface area contributed by atoms with Crippen molar-refractivity contribution in [2.24, 2.45) is 0 Å². The Kier molecular flexibility index (Phi) is 6.68. The average molecular weight is 482 g/mol. The number of pyridine rings is 1. The van der Waals surface area contributed by atoms with Crippen molar-refractivity contribution in [2.75, 3.05) is 25.6 Å². The number of aromatic nitrogens is 2. The van der Waals surface area contributed by atoms with Crippen molar-refractivity contribution in [1.82, 2.24) is 9.97 Å². The number of benzene rings is 3. The molecule has 3 aromatic carbocycles. The van der Waals surface area contributed by atoms with E-state index in [1.54, 1.807) is 12.1 Å². The van der Waals surface area contributed by atoms with Gasteiger partial charge in [0.15, 0.2) is 0 Å². The van der Waals surface area contributed by atoms with Crippen molar-refractivity contribution in [3.63, 3.8) is 0 Å². The van der Waals surface area contributed by atoms with Crippen LogP contribution in [-0.2, 0) is 4.74 Å². The van der Waals surface area contributed by atoms with E-state index < -0.39 is 0 Å². The molecule has 0 aliphatic heterocycles. The Morgan fingerprint density at radius 2 is 1.77 bits per heavy atom. The molecule has 2 aromatic heterocycles. The van der Waals surface area contributed by atoms with Crippen molar-refractivity contribution in [3.8, 4) is 5.19 Å². The van der Waals surface area contributed by atoms with Gasteiger partial charge in [0.1, 0.15) is 6.61 Å². The Morgan fingerprint density at radius 3 is 2.57 bits per heavy atom. The molecule has 7 heteroatoms. The fourth-order valence-corrected chi connectivity index (χ4v) is 4.48. The van der Waals surface area contributed by atoms with Crippen LogP contribution in [-0.4, -0.2) is 36.2 Å². The number of thiazole rings is 1. The summed E-state index contributed by atoms with van der Waals surface area (Å²) in [4.78, 5) is 20.9. The Labute approximate surface area is 206 Å². The van der Waals surface area contributed by atoms with Crippen LogP contribution in [0.5, 0.6) is 5.19 Å². The molecule has 6 nitrogen and oxygen atoms in total. The summed E-state index contributed by atoms with van der Waals surface area (Å²) in [5.74, 6) is -0.356. The summed E-state index contributed by atoms with van der Waals surface area (Å²) in [6, 6.07) is 25.4. The zero-order valence-electron chi connectivity index (χ0n) is 19.1. The maximum Gasteiger partial charge on any atom is 0.337 e. The number of esters is 1. The highest BCUT2D eigenvalue weighted by Crippen LogP contribution is 2.28. The summed E-state index contributed by atoms with van der Waals surface area (Å²) in [5, 5.41) is 5.16. The zero-order valence-corrected chi connectivity index (χ0v) is 19.9. The molecule has 0 aliphatic carbocycles. The van der Waals surface area contributed by atoms with Gasteiger partial charge in [0.25, 0.3) is 5.19 Å². The number of nitrogens with zero attached hydrogens (tertiary/aromatic N) is 2. The smallest absolute Gasteiger partial charge is 0.337 e. The average Bonchev–Trinajstić information content (AvgIpc) is 3.33. The molecule has 0 radical (unpaired) electrons. The summed E-state index contributed by atoms with van der Waals surface area (Å²) < 4.78 is 12.0. The molecule has 2 heterocycles. The van der Waals surface area contributed by atoms with Crippen molar-refractivity contribution in [2.45, 2.75) is 0 Å². The number of carbonyl (C=O) groups excluding carboxylic acids is 1. The van der Waals surface area contributed by atoms with E-state index in [1.807, 2.05) is 66.9 Å². The van der Waals surface area contributed by atoms with Crippen molar-refractivity contribution >= 4 is 50.2 Å². The van der Waals surface area contributed by atoms with Crippen molar-refractivity contribution < 1.29 is 14.3 Å². The third-order valence-electron chi connectivity index (χ3n) is 5.47. The van der Waals surface area contributed by atoms with Gasteiger partial charge in [-0.25, -0.2) is 9.78 Å². The number of anilines is 1. The van der Waals surface area contributed by atoms with E-state index in [1.165, 1.54) is 18.4 Å². The molecule has 1 N–H and O–H groups in total. The molecule has 0 amide bonds. The highest BCUT2D eigenvalue weighted by atomic mass is 32.1. The van der Waals surface area contributed by atoms with Gasteiger partial charge in [-0.15, -0.1) is 0 Å². The maximum atomic E-state index is 11.8. The van der Waals surface area contributed by atoms with Gasteiger partial charge in [-0.2, -0.15) is 0 Å². The number of rotatable bonds is 8. The molecule has 0 fully saturated rings. The summed E-state index contributed by atoms with van der Waals surface area (Å²) >= 11 is 1.53. The molecule has 0 bridgehead atoms. The zero-order chi connectivity index (χ0) is 24.0. The molecule has 5 aromatic rings. The second kappa shape index (κ2) is 10.4. The van der Waals surface area contributed by atoms with E-state index in [0.29, 0.717) is 23.9 Å². The van der Waals surface area contributed by atoms with Crippen LogP contribution in [0.15, 0.2) is 90.6 Å². The molecule has 0 saturated carbocycles. The monoisotopic (exact) mass is 481 g/mol. The predicted octanol–water partition coefficient (Wildman–Crippen LogP) is 6.21. The van der Waals surface area contributed by atoms with Crippen molar-refractivity contribution in [1.29, 1.82) is 0 Å². The normalized spacial score (nSPS) is 11.5. The topological polar surface area (TPSA) is 73.3 Å². The number of fused-ring (bicyclic) bond motifs is 2. The fourth-order valence-electron chi connectivity index (χ4n) is 3.66. The molecule has 0 atom stereocenters. The fraction of sp³-hybridized carbons (Fsp3) is 0.107. The number of methoxy groups -OCH3 is 1. The van der Waals surface area contributed by atoms with Gasteiger partial charge in [0.2, 0.25) is 0 Å². The van der Waals surface area contributed by atoms with Gasteiger partial charge in [0.05, 0.1) is 40.3 Å². The van der Waals surface area contributed by atoms with Crippen LogP contribution >= 0.6 is 11.3 Å². The molecular weight excluding hydrogens is 458 g/mol. The molecular formula is C28H23N3O3S. The Hall–Kier alpha value is -4.23. The van der Waals surface area contributed by atoms with Crippen LogP contribution in [0, 0.1) is 0 Å². The van der Waals surface area contributed by atoms with E-state index >= 15 is 0 Å². The molecule has 0 unspecified atom stereocenters. The SMILES string of the molecule is COC(=O)c1ccc(/C=C(/CNc2cnc3ccccc3c2)COc2nc3ccccc3s2)cc1. The number of nitrogens with one attached hydrogen (secondary N) is 1. The Balaban J connectivity index is 1.35. The summed E-state index contributed by atoms with van der Waals surface area (Å²) in [6.45, 7) is 0.927. The first-order valence-corrected chi connectivity index (χ1v) is 11.9. The van der Waals surface area contributed by atoms with Gasteiger partial charge in [-0.3, -0.25) is 4.98 Å². The standard InChI is InChI=1S/C28H23N3O3S/c1-33-27(32)21-12-10-19(11-13-21)14-20(18-34-28-31-25-8-4-5-9-26(25)35-28)16-29-23-15-22-6-2-3-7-24(22)30-17-23/h2-15,17,29H,16,18H2,1H3/b20-14-. The van der Waals surface area contributed by atoms with Crippen LogP contribution in [0.1, 0.15) is 15.9 Å². The van der Waals surface area contributed by atoms with Gasteiger partial charge in [-0.05, 0) is 47.5 Å². The first-order valence-electron chi connectivity index (χ1n) is 11.1. The highest BCUT2D eigenvalue weighted by Gasteiger charge is 2.08. The quantitative estimate of drug-likeness (QED) is 0.266. The number of carbonyl (C=O) groups is 1. The summed E-state index contributed by atoms with van der Waals surface area (Å²) in [7, 11) is 1.38. The summed E-state index contributed by atoms with van der Waals surface area (Å²) in [6.07, 6.45) is 3.88. The van der Waals surface area contributed by atoms with Crippen LogP contribution in [0.25, 0.3) is 27.2 Å². The molecule has 0 aliphatic rings. The lowest BCUT2D eigenvalue weighted by Crippen LogP contribution is -2.12. The van der Waals surface area contributed by atoms with E-state index in [-0.39, 0.29) is 5.97 Å². The van der Waals surface area contributed by atoms with E-state index in [9.17, 15) is 4.79 Å². The van der Waals surface area contributed by atoms with Gasteiger partial charge < -0.3 is 14.8 Å². The highest BCUT2D eigenvalue weighted by molar-refractivity contribution is 7.20. The van der Waals surface area contributed by atoms with Gasteiger partial charge in [0, 0.05) is 11.9 Å². The van der Waals surface area contributed by atoms with Crippen LogP contribution in [0.3, 0.4) is 0 Å². The second-order valence-corrected chi connectivity index (χ2v) is 8.92. The minimum absolute atomic E-state index is 0.356. The minimum Gasteiger partial charge on any atom is -0.465 e. The van der Waals surface area contributed by atoms with E-state index in [2.05, 4.69) is 27.4 Å². The molecule has 174 valence electrons. The first-order chi connectivity index (χ1) is 17.2. The summed E-state index contributed by atoms with van der Waals surface area (Å²) in [5.41, 5.74) is 5.30. The first kappa shape index (κ1) is 22.6. The molecule has 0 saturated heterocycles. The van der Waals surface area contributed by atoms with Crippen molar-refractivity contribution in [3.05, 3.63) is 102 Å². The lowest BCUT2D eigenvalue weighted by Gasteiger charge is -2.12. The Morgan fingerprint density at radius 1 is 1.00 bits per heavy atom. The third-order valence-corrected chi connectivity index (χ3v) is 6.42. The van der Waals surface area contributed by atoms with E-state index in [4.69, 9.17) is 9.47 Å². The lowest BCUT2D eigenvalue weighted by atomic mass is 10.1. The largest absolute Gasteiger partial charge is 0.465 e. The van der Waals surface area contributed by atoms with Gasteiger partial charge >= 0.3 is 5.97 Å². The number of hydrogen-bond donors (Lipinski definition) is 1. The third kappa shape index (κ3) is 5.47. The Bertz CT molecular complexity index is 1480. The van der Waals surface area contributed by atoms with Crippen LogP contribution in [0.4, 0.5) is 5.69 Å². The number of ether oxygens (including phenoxy) is 2. The molecule has 35 heavy (non-hydrogen) atoms. The van der Waals surface area contributed by atoms with Crippen LogP contribution < -0.4 is 10.1 Å². The molecule has 0 spiro atoms. The second-order valence-electron chi connectivity index (χ2n) is 7.92. The number of hydrogen-bond acceptors (Lipinski definition) is 7. The van der Waals surface area contributed by atoms with Gasteiger partial charge in [-0.1, -0.05) is 59.9 Å².